The highest BCUT2D eigenvalue weighted by atomic mass is 16.5. The molecule has 0 spiro atoms. The molecule has 1 rings (SSSR count). The van der Waals surface area contributed by atoms with Gasteiger partial charge in [-0.25, -0.2) is 0 Å². The van der Waals surface area contributed by atoms with Crippen LogP contribution in [0.5, 0.6) is 0 Å². The van der Waals surface area contributed by atoms with Gasteiger partial charge in [0.2, 0.25) is 5.91 Å². The first-order valence-corrected chi connectivity index (χ1v) is 4.96. The maximum atomic E-state index is 11.2. The predicted octanol–water partition coefficient (Wildman–Crippen LogP) is 0.507. The second-order valence-corrected chi connectivity index (χ2v) is 3.86. The maximum Gasteiger partial charge on any atom is 0.227 e. The minimum Gasteiger partial charge on any atom is -0.381 e. The van der Waals surface area contributed by atoms with Gasteiger partial charge in [0, 0.05) is 18.6 Å². The van der Waals surface area contributed by atoms with Gasteiger partial charge in [0.15, 0.2) is 0 Å². The molecule has 1 heterocycles. The molecule has 2 atom stereocenters. The van der Waals surface area contributed by atoms with Gasteiger partial charge in [0.25, 0.3) is 0 Å². The molecule has 0 aromatic carbocycles. The van der Waals surface area contributed by atoms with Gasteiger partial charge in [0.05, 0.1) is 13.0 Å². The van der Waals surface area contributed by atoms with E-state index in [1.807, 2.05) is 6.92 Å². The van der Waals surface area contributed by atoms with Crippen molar-refractivity contribution in [2.24, 2.45) is 5.92 Å². The van der Waals surface area contributed by atoms with E-state index >= 15 is 0 Å². The van der Waals surface area contributed by atoms with Crippen LogP contribution in [-0.4, -0.2) is 30.9 Å². The molecule has 1 aliphatic heterocycles. The fourth-order valence-corrected chi connectivity index (χ4v) is 1.60. The van der Waals surface area contributed by atoms with Gasteiger partial charge in [-0.3, -0.25) is 9.59 Å². The number of rotatable bonds is 4. The van der Waals surface area contributed by atoms with Gasteiger partial charge in [-0.15, -0.1) is 0 Å². The van der Waals surface area contributed by atoms with E-state index in [-0.39, 0.29) is 24.2 Å². The minimum absolute atomic E-state index is 0.0160. The average molecular weight is 199 g/mol. The summed E-state index contributed by atoms with van der Waals surface area (Å²) in [5, 5.41) is 2.81. The van der Waals surface area contributed by atoms with Gasteiger partial charge in [0.1, 0.15) is 5.78 Å². The summed E-state index contributed by atoms with van der Waals surface area (Å²) in [7, 11) is 0. The Labute approximate surface area is 84.0 Å². The second kappa shape index (κ2) is 5.10. The molecule has 0 aromatic heterocycles. The quantitative estimate of drug-likeness (QED) is 0.671. The lowest BCUT2D eigenvalue weighted by Crippen LogP contribution is -2.38. The number of carbonyl (C=O) groups is 2. The maximum absolute atomic E-state index is 11.2. The van der Waals surface area contributed by atoms with Crippen LogP contribution in [0.3, 0.4) is 0 Å². The third-order valence-corrected chi connectivity index (χ3v) is 2.47. The van der Waals surface area contributed by atoms with Gasteiger partial charge in [-0.05, 0) is 20.3 Å². The molecule has 14 heavy (non-hydrogen) atoms. The zero-order valence-electron chi connectivity index (χ0n) is 8.71. The van der Waals surface area contributed by atoms with Crippen molar-refractivity contribution < 1.29 is 14.3 Å². The Morgan fingerprint density at radius 2 is 2.29 bits per heavy atom. The molecule has 0 bridgehead atoms. The molecule has 1 N–H and O–H groups in total. The third-order valence-electron chi connectivity index (χ3n) is 2.47. The van der Waals surface area contributed by atoms with Crippen LogP contribution in [0.4, 0.5) is 0 Å². The van der Waals surface area contributed by atoms with Crippen LogP contribution in [0.15, 0.2) is 0 Å². The minimum atomic E-state index is -0.183. The molecule has 4 nitrogen and oxygen atoms in total. The standard InChI is InChI=1S/C10H17NO3/c1-7(12)5-10(13)11-8(2)9-3-4-14-6-9/h8-9H,3-6H2,1-2H3,(H,11,13). The predicted molar refractivity (Wildman–Crippen MR) is 51.8 cm³/mol. The molecule has 0 saturated carbocycles. The SMILES string of the molecule is CC(=O)CC(=O)NC(C)C1CCOC1. The first kappa shape index (κ1) is 11.2. The molecule has 1 saturated heterocycles. The van der Waals surface area contributed by atoms with Crippen LogP contribution in [0.2, 0.25) is 0 Å². The number of ether oxygens (including phenoxy) is 1. The summed E-state index contributed by atoms with van der Waals surface area (Å²) < 4.78 is 5.22. The lowest BCUT2D eigenvalue weighted by atomic mass is 10.0. The molecule has 0 radical (unpaired) electrons. The van der Waals surface area contributed by atoms with Gasteiger partial charge in [-0.1, -0.05) is 0 Å². The molecule has 1 amide bonds. The summed E-state index contributed by atoms with van der Waals surface area (Å²) in [6, 6.07) is 0.101. The van der Waals surface area contributed by atoms with Gasteiger partial charge >= 0.3 is 0 Å². The van der Waals surface area contributed by atoms with Crippen LogP contribution < -0.4 is 5.32 Å². The average Bonchev–Trinajstić information content (AvgIpc) is 2.53. The topological polar surface area (TPSA) is 55.4 Å². The van der Waals surface area contributed by atoms with Crippen molar-refractivity contribution >= 4 is 11.7 Å². The van der Waals surface area contributed by atoms with E-state index in [0.29, 0.717) is 12.5 Å². The van der Waals surface area contributed by atoms with Gasteiger partial charge < -0.3 is 10.1 Å². The number of amides is 1. The lowest BCUT2D eigenvalue weighted by Gasteiger charge is -2.18. The van der Waals surface area contributed by atoms with Crippen molar-refractivity contribution in [3.05, 3.63) is 0 Å². The number of nitrogens with one attached hydrogen (secondary N) is 1. The number of hydrogen-bond acceptors (Lipinski definition) is 3. The highest BCUT2D eigenvalue weighted by molar-refractivity contribution is 5.96. The molecule has 0 aliphatic carbocycles. The zero-order chi connectivity index (χ0) is 10.6. The Hall–Kier alpha value is -0.900. The monoisotopic (exact) mass is 199 g/mol. The number of ketones is 1. The fourth-order valence-electron chi connectivity index (χ4n) is 1.60. The zero-order valence-corrected chi connectivity index (χ0v) is 8.71. The van der Waals surface area contributed by atoms with E-state index in [1.165, 1.54) is 6.92 Å². The Morgan fingerprint density at radius 3 is 2.79 bits per heavy atom. The Morgan fingerprint density at radius 1 is 1.57 bits per heavy atom. The first-order chi connectivity index (χ1) is 6.59. The Bertz CT molecular complexity index is 221. The van der Waals surface area contributed by atoms with E-state index in [4.69, 9.17) is 4.74 Å². The molecule has 80 valence electrons. The summed E-state index contributed by atoms with van der Waals surface area (Å²) in [6.45, 7) is 4.86. The van der Waals surface area contributed by atoms with Crippen LogP contribution in [0.25, 0.3) is 0 Å². The number of hydrogen-bond donors (Lipinski definition) is 1. The summed E-state index contributed by atoms with van der Waals surface area (Å²) in [6.07, 6.45) is 0.972. The smallest absolute Gasteiger partial charge is 0.227 e. The van der Waals surface area contributed by atoms with E-state index in [2.05, 4.69) is 5.32 Å². The summed E-state index contributed by atoms with van der Waals surface area (Å²) in [5.41, 5.74) is 0. The molecule has 1 aliphatic rings. The molecular weight excluding hydrogens is 182 g/mol. The van der Waals surface area contributed by atoms with Crippen LogP contribution in [-0.2, 0) is 14.3 Å². The molecule has 2 unspecified atom stereocenters. The fraction of sp³-hybridized carbons (Fsp3) is 0.800. The Kier molecular flexibility index (Phi) is 4.07. The Balaban J connectivity index is 2.28. The van der Waals surface area contributed by atoms with Crippen molar-refractivity contribution in [2.75, 3.05) is 13.2 Å². The van der Waals surface area contributed by atoms with E-state index in [0.717, 1.165) is 13.0 Å². The van der Waals surface area contributed by atoms with Crippen LogP contribution >= 0.6 is 0 Å². The normalized spacial score (nSPS) is 23.1. The van der Waals surface area contributed by atoms with Crippen LogP contribution in [0, 0.1) is 5.92 Å². The van der Waals surface area contributed by atoms with E-state index in [9.17, 15) is 9.59 Å². The van der Waals surface area contributed by atoms with Crippen molar-refractivity contribution in [3.63, 3.8) is 0 Å². The lowest BCUT2D eigenvalue weighted by molar-refractivity contribution is -0.127. The molecule has 4 heteroatoms. The second-order valence-electron chi connectivity index (χ2n) is 3.86. The third kappa shape index (κ3) is 3.46. The number of Topliss-reactive ketones (excluding diaryl/α,β-unsaturated/α-hetero) is 1. The largest absolute Gasteiger partial charge is 0.381 e. The first-order valence-electron chi connectivity index (χ1n) is 4.96. The molecule has 1 fully saturated rings. The van der Waals surface area contributed by atoms with Crippen molar-refractivity contribution in [2.45, 2.75) is 32.7 Å². The van der Waals surface area contributed by atoms with Crippen molar-refractivity contribution in [1.29, 1.82) is 0 Å². The van der Waals surface area contributed by atoms with Crippen molar-refractivity contribution in [1.82, 2.24) is 5.32 Å². The summed E-state index contributed by atoms with van der Waals surface area (Å²) in [5.74, 6) is 0.111. The summed E-state index contributed by atoms with van der Waals surface area (Å²) >= 11 is 0. The van der Waals surface area contributed by atoms with E-state index < -0.39 is 0 Å². The molecule has 0 aromatic rings. The van der Waals surface area contributed by atoms with Crippen LogP contribution in [0.1, 0.15) is 26.7 Å². The highest BCUT2D eigenvalue weighted by Gasteiger charge is 2.23. The molecular formula is C10H17NO3. The summed E-state index contributed by atoms with van der Waals surface area (Å²) in [4.78, 5) is 21.9. The van der Waals surface area contributed by atoms with Gasteiger partial charge in [-0.2, -0.15) is 0 Å². The van der Waals surface area contributed by atoms with Crippen molar-refractivity contribution in [3.8, 4) is 0 Å². The van der Waals surface area contributed by atoms with E-state index in [1.54, 1.807) is 0 Å². The number of carbonyl (C=O) groups excluding carboxylic acids is 2. The highest BCUT2D eigenvalue weighted by Crippen LogP contribution is 2.16.